The summed E-state index contributed by atoms with van der Waals surface area (Å²) in [6.45, 7) is 4.37. The van der Waals surface area contributed by atoms with Crippen LogP contribution in [0, 0.1) is 5.92 Å². The molecule has 0 atom stereocenters. The van der Waals surface area contributed by atoms with Crippen molar-refractivity contribution in [1.82, 2.24) is 9.55 Å². The molecule has 0 aliphatic carbocycles. The van der Waals surface area contributed by atoms with Gasteiger partial charge in [0.25, 0.3) is 5.56 Å². The molecule has 0 saturated heterocycles. The summed E-state index contributed by atoms with van der Waals surface area (Å²) in [7, 11) is 3.30. The van der Waals surface area contributed by atoms with Crippen molar-refractivity contribution in [2.24, 2.45) is 5.92 Å². The smallest absolute Gasteiger partial charge is 0.266 e. The maximum absolute atomic E-state index is 12.9. The Labute approximate surface area is 143 Å². The van der Waals surface area contributed by atoms with Gasteiger partial charge in [0, 0.05) is 5.75 Å². The quantitative estimate of drug-likeness (QED) is 0.493. The van der Waals surface area contributed by atoms with Gasteiger partial charge in [-0.05, 0) is 41.0 Å². The summed E-state index contributed by atoms with van der Waals surface area (Å²) in [5.41, 5.74) is 1.58. The van der Waals surface area contributed by atoms with Crippen LogP contribution in [0.4, 0.5) is 0 Å². The van der Waals surface area contributed by atoms with E-state index in [1.54, 1.807) is 26.2 Å². The lowest BCUT2D eigenvalue weighted by atomic mass is 10.2. The molecule has 5 heteroatoms. The summed E-state index contributed by atoms with van der Waals surface area (Å²) in [4.78, 5) is 17.7. The number of fused-ring (bicyclic) bond motifs is 1. The maximum Gasteiger partial charge on any atom is 0.266 e. The molecule has 1 heterocycles. The lowest BCUT2D eigenvalue weighted by molar-refractivity contribution is 0.752. The first-order chi connectivity index (χ1) is 11.2. The minimum atomic E-state index is -0.0190. The molecule has 0 fully saturated rings. The third kappa shape index (κ3) is 3.62. The predicted octanol–water partition coefficient (Wildman–Crippen LogP) is 4.78. The van der Waals surface area contributed by atoms with Gasteiger partial charge in [0.2, 0.25) is 0 Å². The van der Waals surface area contributed by atoms with Gasteiger partial charge in [-0.1, -0.05) is 55.0 Å². The molecule has 0 aliphatic rings. The van der Waals surface area contributed by atoms with Gasteiger partial charge >= 0.3 is 0 Å². The van der Waals surface area contributed by atoms with Crippen LogP contribution in [-0.2, 0) is 0 Å². The third-order valence-electron chi connectivity index (χ3n) is 3.29. The Morgan fingerprint density at radius 3 is 2.48 bits per heavy atom. The van der Waals surface area contributed by atoms with Crippen molar-refractivity contribution in [3.8, 4) is 5.69 Å². The van der Waals surface area contributed by atoms with Crippen LogP contribution in [0.3, 0.4) is 0 Å². The fourth-order valence-corrected chi connectivity index (χ4v) is 4.71. The Kier molecular flexibility index (Phi) is 5.08. The number of hydrogen-bond donors (Lipinski definition) is 0. The minimum Gasteiger partial charge on any atom is -0.268 e. The molecule has 118 valence electrons. The topological polar surface area (TPSA) is 34.9 Å². The zero-order valence-corrected chi connectivity index (χ0v) is 14.7. The third-order valence-corrected chi connectivity index (χ3v) is 5.85. The van der Waals surface area contributed by atoms with Crippen molar-refractivity contribution in [3.63, 3.8) is 0 Å². The van der Waals surface area contributed by atoms with Crippen molar-refractivity contribution in [2.45, 2.75) is 19.0 Å². The van der Waals surface area contributed by atoms with Gasteiger partial charge < -0.3 is 0 Å². The second kappa shape index (κ2) is 7.23. The SMILES string of the molecule is CC(C)CSSc1nc2ccccc2c(=O)n1-c1ccccc1. The molecule has 0 radical (unpaired) electrons. The summed E-state index contributed by atoms with van der Waals surface area (Å²) in [6.07, 6.45) is 0. The van der Waals surface area contributed by atoms with Crippen molar-refractivity contribution in [3.05, 3.63) is 65.0 Å². The van der Waals surface area contributed by atoms with E-state index < -0.39 is 0 Å². The molecule has 1 aromatic heterocycles. The van der Waals surface area contributed by atoms with E-state index in [4.69, 9.17) is 4.98 Å². The summed E-state index contributed by atoms with van der Waals surface area (Å²) in [5.74, 6) is 1.62. The van der Waals surface area contributed by atoms with Crippen LogP contribution >= 0.6 is 21.6 Å². The molecule has 23 heavy (non-hydrogen) atoms. The van der Waals surface area contributed by atoms with Crippen molar-refractivity contribution in [1.29, 1.82) is 0 Å². The normalized spacial score (nSPS) is 11.3. The molecule has 0 amide bonds. The molecule has 3 nitrogen and oxygen atoms in total. The maximum atomic E-state index is 12.9. The predicted molar refractivity (Wildman–Crippen MR) is 100 cm³/mol. The minimum absolute atomic E-state index is 0.0190. The van der Waals surface area contributed by atoms with Crippen molar-refractivity contribution >= 4 is 32.5 Å². The van der Waals surface area contributed by atoms with Crippen molar-refractivity contribution < 1.29 is 0 Å². The Morgan fingerprint density at radius 2 is 1.74 bits per heavy atom. The number of para-hydroxylation sites is 2. The van der Waals surface area contributed by atoms with Gasteiger partial charge in [-0.25, -0.2) is 4.98 Å². The van der Waals surface area contributed by atoms with Crippen LogP contribution in [-0.4, -0.2) is 15.3 Å². The summed E-state index contributed by atoms with van der Waals surface area (Å²) < 4.78 is 1.71. The van der Waals surface area contributed by atoms with Crippen LogP contribution in [0.2, 0.25) is 0 Å². The summed E-state index contributed by atoms with van der Waals surface area (Å²) in [5, 5.41) is 1.38. The van der Waals surface area contributed by atoms with Gasteiger partial charge in [-0.2, -0.15) is 0 Å². The van der Waals surface area contributed by atoms with Crippen molar-refractivity contribution in [2.75, 3.05) is 5.75 Å². The molecule has 2 aromatic carbocycles. The molecule has 3 aromatic rings. The molecule has 0 saturated carbocycles. The van der Waals surface area contributed by atoms with E-state index in [2.05, 4.69) is 13.8 Å². The highest BCUT2D eigenvalue weighted by molar-refractivity contribution is 8.76. The van der Waals surface area contributed by atoms with Gasteiger partial charge in [-0.15, -0.1) is 0 Å². The highest BCUT2D eigenvalue weighted by atomic mass is 33.1. The van der Waals surface area contributed by atoms with Crippen LogP contribution in [0.1, 0.15) is 13.8 Å². The van der Waals surface area contributed by atoms with Crippen LogP contribution in [0.15, 0.2) is 64.5 Å². The van der Waals surface area contributed by atoms with E-state index in [0.29, 0.717) is 11.3 Å². The van der Waals surface area contributed by atoms with E-state index in [0.717, 1.165) is 22.1 Å². The molecule has 0 bridgehead atoms. The lowest BCUT2D eigenvalue weighted by Gasteiger charge is -2.13. The van der Waals surface area contributed by atoms with Gasteiger partial charge in [0.15, 0.2) is 5.16 Å². The summed E-state index contributed by atoms with van der Waals surface area (Å²) >= 11 is 0. The molecule has 0 unspecified atom stereocenters. The largest absolute Gasteiger partial charge is 0.268 e. The first-order valence-electron chi connectivity index (χ1n) is 7.53. The van der Waals surface area contributed by atoms with Gasteiger partial charge in [0.05, 0.1) is 16.6 Å². The highest BCUT2D eigenvalue weighted by Gasteiger charge is 2.13. The fourth-order valence-electron chi connectivity index (χ4n) is 2.20. The Bertz CT molecular complexity index is 860. The monoisotopic (exact) mass is 342 g/mol. The average molecular weight is 342 g/mol. The highest BCUT2D eigenvalue weighted by Crippen LogP contribution is 2.32. The molecular weight excluding hydrogens is 324 g/mol. The number of hydrogen-bond acceptors (Lipinski definition) is 4. The first-order valence-corrected chi connectivity index (χ1v) is 9.85. The number of aromatic nitrogens is 2. The Hall–Kier alpha value is -1.72. The van der Waals surface area contributed by atoms with E-state index in [1.165, 1.54) is 0 Å². The first kappa shape index (κ1) is 16.1. The molecule has 3 rings (SSSR count). The number of rotatable bonds is 5. The number of nitrogens with zero attached hydrogens (tertiary/aromatic N) is 2. The number of benzene rings is 2. The van der Waals surface area contributed by atoms with E-state index in [9.17, 15) is 4.79 Å². The second-order valence-electron chi connectivity index (χ2n) is 5.65. The molecular formula is C18H18N2OS2. The van der Waals surface area contributed by atoms with Crippen LogP contribution in [0.5, 0.6) is 0 Å². The fraction of sp³-hybridized carbons (Fsp3) is 0.222. The van der Waals surface area contributed by atoms with Gasteiger partial charge in [0.1, 0.15) is 0 Å². The zero-order valence-electron chi connectivity index (χ0n) is 13.1. The Morgan fingerprint density at radius 1 is 1.04 bits per heavy atom. The van der Waals surface area contributed by atoms with E-state index in [-0.39, 0.29) is 5.56 Å². The average Bonchev–Trinajstić information content (AvgIpc) is 2.55. The zero-order chi connectivity index (χ0) is 16.2. The van der Waals surface area contributed by atoms with E-state index in [1.807, 2.05) is 54.6 Å². The Balaban J connectivity index is 2.14. The molecule has 0 spiro atoms. The lowest BCUT2D eigenvalue weighted by Crippen LogP contribution is -2.21. The van der Waals surface area contributed by atoms with Gasteiger partial charge in [-0.3, -0.25) is 9.36 Å². The second-order valence-corrected chi connectivity index (χ2v) is 7.96. The standard InChI is InChI=1S/C18H18N2OS2/c1-13(2)12-22-23-18-19-16-11-7-6-10-15(16)17(21)20(18)14-8-4-3-5-9-14/h3-11,13H,12H2,1-2H3. The van der Waals surface area contributed by atoms with E-state index >= 15 is 0 Å². The van der Waals surface area contributed by atoms with Crippen LogP contribution < -0.4 is 5.56 Å². The summed E-state index contributed by atoms with van der Waals surface area (Å²) in [6, 6.07) is 17.2. The molecule has 0 aliphatic heterocycles. The van der Waals surface area contributed by atoms with Crippen LogP contribution in [0.25, 0.3) is 16.6 Å². The molecule has 0 N–H and O–H groups in total.